The van der Waals surface area contributed by atoms with Crippen LogP contribution < -0.4 is 5.32 Å². The average molecular weight is 442 g/mol. The Balaban J connectivity index is 1.25. The van der Waals surface area contributed by atoms with E-state index in [4.69, 9.17) is 0 Å². The topological polar surface area (TPSA) is 48.1 Å². The Bertz CT molecular complexity index is 1240. The van der Waals surface area contributed by atoms with Crippen molar-refractivity contribution in [2.45, 2.75) is 31.7 Å². The fourth-order valence-electron chi connectivity index (χ4n) is 4.82. The van der Waals surface area contributed by atoms with E-state index in [9.17, 15) is 9.18 Å². The minimum Gasteiger partial charge on any atom is -0.351 e. The number of aromatic nitrogens is 1. The number of nitrogens with one attached hydrogen (secondary N) is 2. The number of carbonyl (C=O) groups excluding carboxylic acids is 1. The van der Waals surface area contributed by atoms with E-state index in [2.05, 4.69) is 70.7 Å². The molecule has 0 radical (unpaired) electrons. The smallest absolute Gasteiger partial charge is 0.272 e. The van der Waals surface area contributed by atoms with Gasteiger partial charge in [0.1, 0.15) is 11.5 Å². The number of carbonyl (C=O) groups is 1. The van der Waals surface area contributed by atoms with Crippen LogP contribution in [0, 0.1) is 5.82 Å². The number of fused-ring (bicyclic) bond motifs is 1. The quantitative estimate of drug-likeness (QED) is 0.371. The highest BCUT2D eigenvalue weighted by Crippen LogP contribution is 2.33. The molecule has 1 fully saturated rings. The third-order valence-electron chi connectivity index (χ3n) is 6.82. The van der Waals surface area contributed by atoms with Gasteiger partial charge in [-0.15, -0.1) is 0 Å². The van der Waals surface area contributed by atoms with Gasteiger partial charge in [0.05, 0.1) is 0 Å². The maximum absolute atomic E-state index is 13.1. The van der Waals surface area contributed by atoms with E-state index in [1.54, 1.807) is 12.1 Å². The number of rotatable bonds is 5. The molecule has 33 heavy (non-hydrogen) atoms. The Morgan fingerprint density at radius 1 is 1.00 bits per heavy atom. The summed E-state index contributed by atoms with van der Waals surface area (Å²) < 4.78 is 13.1. The molecule has 168 valence electrons. The van der Waals surface area contributed by atoms with E-state index in [1.165, 1.54) is 23.3 Å². The molecule has 4 aromatic rings. The van der Waals surface area contributed by atoms with Crippen LogP contribution in [0.25, 0.3) is 10.9 Å². The van der Waals surface area contributed by atoms with Crippen molar-refractivity contribution in [2.75, 3.05) is 18.4 Å². The van der Waals surface area contributed by atoms with E-state index in [-0.39, 0.29) is 11.7 Å². The molecule has 0 spiro atoms. The first-order chi connectivity index (χ1) is 16.1. The molecular weight excluding hydrogens is 413 g/mol. The summed E-state index contributed by atoms with van der Waals surface area (Å²) in [6, 6.07) is 25.3. The van der Waals surface area contributed by atoms with E-state index < -0.39 is 0 Å². The van der Waals surface area contributed by atoms with Crippen molar-refractivity contribution < 1.29 is 9.18 Å². The number of H-pyrrole nitrogens is 1. The maximum atomic E-state index is 13.1. The second-order valence-corrected chi connectivity index (χ2v) is 8.89. The van der Waals surface area contributed by atoms with Crippen molar-refractivity contribution in [3.8, 4) is 0 Å². The van der Waals surface area contributed by atoms with Gasteiger partial charge in [-0.2, -0.15) is 0 Å². The van der Waals surface area contributed by atoms with Crippen molar-refractivity contribution in [3.63, 3.8) is 0 Å². The second kappa shape index (κ2) is 9.20. The van der Waals surface area contributed by atoms with Gasteiger partial charge in [-0.25, -0.2) is 4.39 Å². The van der Waals surface area contributed by atoms with Crippen LogP contribution in [0.1, 0.15) is 53.3 Å². The van der Waals surface area contributed by atoms with E-state index >= 15 is 0 Å². The minimum absolute atomic E-state index is 0.234. The fourth-order valence-corrected chi connectivity index (χ4v) is 4.82. The molecule has 2 heterocycles. The number of aromatic amines is 1. The van der Waals surface area contributed by atoms with E-state index in [0.717, 1.165) is 36.8 Å². The lowest BCUT2D eigenvalue weighted by Gasteiger charge is -2.36. The Labute approximate surface area is 193 Å². The zero-order valence-corrected chi connectivity index (χ0v) is 18.7. The summed E-state index contributed by atoms with van der Waals surface area (Å²) in [6.07, 6.45) is 2.26. The summed E-state index contributed by atoms with van der Waals surface area (Å²) in [6.45, 7) is 4.45. The molecule has 1 saturated heterocycles. The van der Waals surface area contributed by atoms with Crippen molar-refractivity contribution in [1.82, 2.24) is 9.88 Å². The highest BCUT2D eigenvalue weighted by atomic mass is 19.1. The van der Waals surface area contributed by atoms with Crippen LogP contribution in [-0.4, -0.2) is 28.9 Å². The minimum atomic E-state index is -0.327. The number of benzene rings is 3. The van der Waals surface area contributed by atoms with E-state index in [1.807, 2.05) is 6.07 Å². The molecule has 1 atom stereocenters. The Hall–Kier alpha value is -3.44. The standard InChI is InChI=1S/C28H28FN3O/c1-19(20-5-3-2-4-6-20)32-15-13-21(14-16-32)22-7-12-26-23(17-22)18-27(31-26)28(33)30-25-10-8-24(29)9-11-25/h2-12,17-19,21,31H,13-16H2,1H3,(H,30,33). The average Bonchev–Trinajstić information content (AvgIpc) is 3.29. The summed E-state index contributed by atoms with van der Waals surface area (Å²) in [7, 11) is 0. The molecule has 0 bridgehead atoms. The largest absolute Gasteiger partial charge is 0.351 e. The molecule has 0 aliphatic carbocycles. The fraction of sp³-hybridized carbons (Fsp3) is 0.250. The molecule has 1 amide bonds. The first-order valence-corrected chi connectivity index (χ1v) is 11.6. The molecule has 1 aromatic heterocycles. The lowest BCUT2D eigenvalue weighted by atomic mass is 9.88. The van der Waals surface area contributed by atoms with Crippen molar-refractivity contribution >= 4 is 22.5 Å². The summed E-state index contributed by atoms with van der Waals surface area (Å²) in [5, 5.41) is 3.85. The predicted octanol–water partition coefficient (Wildman–Crippen LogP) is 6.50. The highest BCUT2D eigenvalue weighted by molar-refractivity contribution is 6.05. The number of hydrogen-bond acceptors (Lipinski definition) is 2. The highest BCUT2D eigenvalue weighted by Gasteiger charge is 2.24. The Morgan fingerprint density at radius 2 is 1.73 bits per heavy atom. The van der Waals surface area contributed by atoms with Gasteiger partial charge in [0.15, 0.2) is 0 Å². The van der Waals surface area contributed by atoms with Crippen LogP contribution in [0.2, 0.25) is 0 Å². The van der Waals surface area contributed by atoms with Gasteiger partial charge >= 0.3 is 0 Å². The van der Waals surface area contributed by atoms with Crippen LogP contribution in [0.3, 0.4) is 0 Å². The molecule has 1 aliphatic rings. The van der Waals surface area contributed by atoms with Gasteiger partial charge in [0.2, 0.25) is 0 Å². The van der Waals surface area contributed by atoms with Gasteiger partial charge in [0, 0.05) is 22.6 Å². The summed E-state index contributed by atoms with van der Waals surface area (Å²) in [5.41, 5.74) is 4.71. The summed E-state index contributed by atoms with van der Waals surface area (Å²) in [4.78, 5) is 18.4. The zero-order chi connectivity index (χ0) is 22.8. The normalized spacial score (nSPS) is 16.1. The van der Waals surface area contributed by atoms with Gasteiger partial charge in [-0.1, -0.05) is 36.4 Å². The first-order valence-electron chi connectivity index (χ1n) is 11.6. The van der Waals surface area contributed by atoms with Crippen LogP contribution in [0.5, 0.6) is 0 Å². The number of hydrogen-bond donors (Lipinski definition) is 2. The number of likely N-dealkylation sites (tertiary alicyclic amines) is 1. The predicted molar refractivity (Wildman–Crippen MR) is 131 cm³/mol. The monoisotopic (exact) mass is 441 g/mol. The van der Waals surface area contributed by atoms with Crippen molar-refractivity contribution in [2.24, 2.45) is 0 Å². The molecule has 4 nitrogen and oxygen atoms in total. The number of halogens is 1. The Morgan fingerprint density at radius 3 is 2.45 bits per heavy atom. The van der Waals surface area contributed by atoms with Gasteiger partial charge in [-0.05, 0) is 92.4 Å². The molecule has 1 aliphatic heterocycles. The number of anilines is 1. The second-order valence-electron chi connectivity index (χ2n) is 8.89. The molecule has 0 saturated carbocycles. The summed E-state index contributed by atoms with van der Waals surface area (Å²) in [5.74, 6) is -0.0333. The third-order valence-corrected chi connectivity index (χ3v) is 6.82. The third kappa shape index (κ3) is 4.69. The van der Waals surface area contributed by atoms with Gasteiger partial charge in [-0.3, -0.25) is 9.69 Å². The zero-order valence-electron chi connectivity index (χ0n) is 18.7. The molecule has 1 unspecified atom stereocenters. The molecule has 5 rings (SSSR count). The lowest BCUT2D eigenvalue weighted by Crippen LogP contribution is -2.35. The lowest BCUT2D eigenvalue weighted by molar-refractivity contribution is 0.102. The molecule has 5 heteroatoms. The van der Waals surface area contributed by atoms with Crippen LogP contribution in [-0.2, 0) is 0 Å². The summed E-state index contributed by atoms with van der Waals surface area (Å²) >= 11 is 0. The molecular formula is C28H28FN3O. The van der Waals surface area contributed by atoms with Gasteiger partial charge < -0.3 is 10.3 Å². The van der Waals surface area contributed by atoms with E-state index in [0.29, 0.717) is 23.3 Å². The van der Waals surface area contributed by atoms with Crippen LogP contribution in [0.15, 0.2) is 78.9 Å². The van der Waals surface area contributed by atoms with Crippen molar-refractivity contribution in [1.29, 1.82) is 0 Å². The Kier molecular flexibility index (Phi) is 5.97. The number of piperidine rings is 1. The number of nitrogens with zero attached hydrogens (tertiary/aromatic N) is 1. The maximum Gasteiger partial charge on any atom is 0.272 e. The first kappa shape index (κ1) is 21.4. The SMILES string of the molecule is CC(c1ccccc1)N1CCC(c2ccc3[nH]c(C(=O)Nc4ccc(F)cc4)cc3c2)CC1. The molecule has 3 aromatic carbocycles. The van der Waals surface area contributed by atoms with Crippen molar-refractivity contribution in [3.05, 3.63) is 102 Å². The molecule has 2 N–H and O–H groups in total. The number of amides is 1. The van der Waals surface area contributed by atoms with Crippen LogP contribution >= 0.6 is 0 Å². The van der Waals surface area contributed by atoms with Crippen LogP contribution in [0.4, 0.5) is 10.1 Å². The van der Waals surface area contributed by atoms with Gasteiger partial charge in [0.25, 0.3) is 5.91 Å².